The highest BCUT2D eigenvalue weighted by atomic mass is 127. The maximum Gasteiger partial charge on any atom is 0.0567 e. The summed E-state index contributed by atoms with van der Waals surface area (Å²) in [5.41, 5.74) is 2.80. The number of alkyl halides is 1. The first-order valence-electron chi connectivity index (χ1n) is 8.43. The number of benzene rings is 1. The van der Waals surface area contributed by atoms with E-state index < -0.39 is 0 Å². The van der Waals surface area contributed by atoms with Crippen molar-refractivity contribution < 1.29 is 0 Å². The van der Waals surface area contributed by atoms with Crippen molar-refractivity contribution in [1.82, 2.24) is 15.1 Å². The summed E-state index contributed by atoms with van der Waals surface area (Å²) in [5, 5.41) is 3.45. The van der Waals surface area contributed by atoms with Crippen LogP contribution in [0.4, 0.5) is 0 Å². The molecular weight excluding hydrogens is 385 g/mol. The highest BCUT2D eigenvalue weighted by Gasteiger charge is 2.17. The first kappa shape index (κ1) is 18.2. The number of rotatable bonds is 7. The normalized spacial score (nSPS) is 18.8. The summed E-state index contributed by atoms with van der Waals surface area (Å²) in [6.45, 7) is 14.9. The van der Waals surface area contributed by atoms with Crippen molar-refractivity contribution in [3.8, 4) is 0 Å². The Labute approximate surface area is 149 Å². The molecule has 1 aliphatic rings. The summed E-state index contributed by atoms with van der Waals surface area (Å²) in [7, 11) is 0. The molecule has 1 fully saturated rings. The standard InChI is InChI=1S/C18H30IN3/c1-15(2)13-21-8-10-22(11-9-21)14-18-6-4-17(5-7-18)12-20-16(3)19/h4-7,15-16,20H,8-14H2,1-3H3. The predicted octanol–water partition coefficient (Wildman–Crippen LogP) is 3.33. The first-order valence-corrected chi connectivity index (χ1v) is 9.67. The van der Waals surface area contributed by atoms with Gasteiger partial charge in [-0.25, -0.2) is 0 Å². The van der Waals surface area contributed by atoms with E-state index in [1.54, 1.807) is 0 Å². The van der Waals surface area contributed by atoms with Crippen molar-refractivity contribution >= 4 is 22.6 Å². The molecule has 1 saturated heterocycles. The topological polar surface area (TPSA) is 18.5 Å². The van der Waals surface area contributed by atoms with E-state index in [-0.39, 0.29) is 0 Å². The second-order valence-electron chi connectivity index (χ2n) is 6.78. The van der Waals surface area contributed by atoms with Gasteiger partial charge in [-0.1, -0.05) is 60.7 Å². The molecule has 0 amide bonds. The number of nitrogens with one attached hydrogen (secondary N) is 1. The van der Waals surface area contributed by atoms with Gasteiger partial charge in [0.15, 0.2) is 0 Å². The lowest BCUT2D eigenvalue weighted by Crippen LogP contribution is -2.46. The average molecular weight is 415 g/mol. The van der Waals surface area contributed by atoms with E-state index in [0.29, 0.717) is 4.05 Å². The van der Waals surface area contributed by atoms with Crippen LogP contribution in [0.25, 0.3) is 0 Å². The van der Waals surface area contributed by atoms with Crippen molar-refractivity contribution in [3.05, 3.63) is 35.4 Å². The molecule has 1 unspecified atom stereocenters. The zero-order valence-electron chi connectivity index (χ0n) is 14.2. The minimum Gasteiger partial charge on any atom is -0.302 e. The Morgan fingerprint density at radius 1 is 0.955 bits per heavy atom. The molecule has 22 heavy (non-hydrogen) atoms. The number of halogens is 1. The van der Waals surface area contributed by atoms with Crippen LogP contribution in [0.1, 0.15) is 31.9 Å². The molecule has 0 aromatic heterocycles. The van der Waals surface area contributed by atoms with Crippen LogP contribution < -0.4 is 5.32 Å². The van der Waals surface area contributed by atoms with Gasteiger partial charge in [0.1, 0.15) is 0 Å². The van der Waals surface area contributed by atoms with Crippen LogP contribution in [0.15, 0.2) is 24.3 Å². The summed E-state index contributed by atoms with van der Waals surface area (Å²) < 4.78 is 0.513. The summed E-state index contributed by atoms with van der Waals surface area (Å²) in [4.78, 5) is 5.18. The Morgan fingerprint density at radius 3 is 2.05 bits per heavy atom. The monoisotopic (exact) mass is 415 g/mol. The molecule has 4 heteroatoms. The molecular formula is C18H30IN3. The number of hydrogen-bond acceptors (Lipinski definition) is 3. The second-order valence-corrected chi connectivity index (χ2v) is 8.65. The number of piperazine rings is 1. The molecule has 1 aliphatic heterocycles. The molecule has 124 valence electrons. The van der Waals surface area contributed by atoms with Crippen molar-refractivity contribution in [2.75, 3.05) is 32.7 Å². The Kier molecular flexibility index (Phi) is 7.60. The molecule has 1 aromatic rings. The Balaban J connectivity index is 1.75. The summed E-state index contributed by atoms with van der Waals surface area (Å²) in [5.74, 6) is 0.776. The average Bonchev–Trinajstić information content (AvgIpc) is 2.48. The predicted molar refractivity (Wildman–Crippen MR) is 103 cm³/mol. The molecule has 0 radical (unpaired) electrons. The third-order valence-electron chi connectivity index (χ3n) is 4.10. The van der Waals surface area contributed by atoms with E-state index in [4.69, 9.17) is 0 Å². The molecule has 0 spiro atoms. The summed E-state index contributed by atoms with van der Waals surface area (Å²) in [6, 6.07) is 9.09. The van der Waals surface area contributed by atoms with E-state index in [0.717, 1.165) is 19.0 Å². The van der Waals surface area contributed by atoms with E-state index in [2.05, 4.69) is 82.7 Å². The van der Waals surface area contributed by atoms with Crippen LogP contribution in [0, 0.1) is 5.92 Å². The maximum atomic E-state index is 3.45. The van der Waals surface area contributed by atoms with E-state index in [1.807, 2.05) is 0 Å². The zero-order valence-corrected chi connectivity index (χ0v) is 16.3. The molecule has 0 aliphatic carbocycles. The van der Waals surface area contributed by atoms with E-state index >= 15 is 0 Å². The number of hydrogen-bond donors (Lipinski definition) is 1. The molecule has 1 heterocycles. The molecule has 1 aromatic carbocycles. The molecule has 1 atom stereocenters. The van der Waals surface area contributed by atoms with Gasteiger partial charge in [-0.05, 0) is 24.0 Å². The van der Waals surface area contributed by atoms with Crippen LogP contribution in [0.5, 0.6) is 0 Å². The highest BCUT2D eigenvalue weighted by molar-refractivity contribution is 14.1. The van der Waals surface area contributed by atoms with Crippen LogP contribution >= 0.6 is 22.6 Å². The van der Waals surface area contributed by atoms with Crippen molar-refractivity contribution in [1.29, 1.82) is 0 Å². The lowest BCUT2D eigenvalue weighted by atomic mass is 10.1. The minimum absolute atomic E-state index is 0.513. The van der Waals surface area contributed by atoms with Crippen LogP contribution in [-0.4, -0.2) is 46.6 Å². The van der Waals surface area contributed by atoms with Crippen LogP contribution in [0.2, 0.25) is 0 Å². The van der Waals surface area contributed by atoms with Gasteiger partial charge in [0.2, 0.25) is 0 Å². The fourth-order valence-electron chi connectivity index (χ4n) is 2.93. The largest absolute Gasteiger partial charge is 0.302 e. The third kappa shape index (κ3) is 6.52. The van der Waals surface area contributed by atoms with Crippen LogP contribution in [-0.2, 0) is 13.1 Å². The first-order chi connectivity index (χ1) is 10.5. The minimum atomic E-state index is 0.513. The van der Waals surface area contributed by atoms with E-state index in [1.165, 1.54) is 43.9 Å². The fraction of sp³-hybridized carbons (Fsp3) is 0.667. The third-order valence-corrected chi connectivity index (χ3v) is 4.55. The van der Waals surface area contributed by atoms with E-state index in [9.17, 15) is 0 Å². The lowest BCUT2D eigenvalue weighted by Gasteiger charge is -2.35. The SMILES string of the molecule is CC(C)CN1CCN(Cc2ccc(CNC(C)I)cc2)CC1. The fourth-order valence-corrected chi connectivity index (χ4v) is 3.15. The second kappa shape index (κ2) is 9.21. The summed E-state index contributed by atoms with van der Waals surface area (Å²) >= 11 is 2.40. The Morgan fingerprint density at radius 2 is 1.50 bits per heavy atom. The number of nitrogens with zero attached hydrogens (tertiary/aromatic N) is 2. The van der Waals surface area contributed by atoms with Gasteiger partial charge in [-0.2, -0.15) is 0 Å². The molecule has 3 nitrogen and oxygen atoms in total. The Hall–Kier alpha value is -0.170. The van der Waals surface area contributed by atoms with Gasteiger partial charge in [0.25, 0.3) is 0 Å². The van der Waals surface area contributed by atoms with Gasteiger partial charge in [0.05, 0.1) is 4.05 Å². The molecule has 2 rings (SSSR count). The van der Waals surface area contributed by atoms with Gasteiger partial charge in [-0.3, -0.25) is 4.90 Å². The molecule has 1 N–H and O–H groups in total. The van der Waals surface area contributed by atoms with Gasteiger partial charge < -0.3 is 10.2 Å². The van der Waals surface area contributed by atoms with Crippen LogP contribution in [0.3, 0.4) is 0 Å². The quantitative estimate of drug-likeness (QED) is 0.419. The van der Waals surface area contributed by atoms with Gasteiger partial charge in [-0.15, -0.1) is 0 Å². The molecule has 0 bridgehead atoms. The maximum absolute atomic E-state index is 3.45. The summed E-state index contributed by atoms with van der Waals surface area (Å²) in [6.07, 6.45) is 0. The Bertz CT molecular complexity index is 422. The zero-order chi connectivity index (χ0) is 15.9. The van der Waals surface area contributed by atoms with Gasteiger partial charge >= 0.3 is 0 Å². The highest BCUT2D eigenvalue weighted by Crippen LogP contribution is 2.11. The van der Waals surface area contributed by atoms with Crippen molar-refractivity contribution in [2.45, 2.75) is 37.9 Å². The van der Waals surface area contributed by atoms with Crippen molar-refractivity contribution in [3.63, 3.8) is 0 Å². The van der Waals surface area contributed by atoms with Gasteiger partial charge in [0, 0.05) is 45.8 Å². The smallest absolute Gasteiger partial charge is 0.0567 e. The van der Waals surface area contributed by atoms with Crippen molar-refractivity contribution in [2.24, 2.45) is 5.92 Å². The lowest BCUT2D eigenvalue weighted by molar-refractivity contribution is 0.117. The molecule has 0 saturated carbocycles.